The number of rotatable bonds is 4. The van der Waals surface area contributed by atoms with E-state index in [4.69, 9.17) is 15.4 Å². The van der Waals surface area contributed by atoms with E-state index in [9.17, 15) is 13.2 Å². The zero-order chi connectivity index (χ0) is 13.3. The van der Waals surface area contributed by atoms with Crippen LogP contribution in [0.4, 0.5) is 5.69 Å². The molecule has 0 radical (unpaired) electrons. The third-order valence-corrected chi connectivity index (χ3v) is 4.01. The molecule has 1 aromatic rings. The van der Waals surface area contributed by atoms with E-state index in [1.807, 2.05) is 0 Å². The van der Waals surface area contributed by atoms with E-state index in [0.717, 1.165) is 12.8 Å². The molecule has 0 unspecified atom stereocenters. The van der Waals surface area contributed by atoms with E-state index >= 15 is 0 Å². The summed E-state index contributed by atoms with van der Waals surface area (Å²) in [7, 11) is 2.87. The molecule has 0 spiro atoms. The highest BCUT2D eigenvalue weighted by atomic mass is 35.7. The van der Waals surface area contributed by atoms with Crippen LogP contribution in [0.1, 0.15) is 12.8 Å². The average molecular weight is 290 g/mol. The summed E-state index contributed by atoms with van der Waals surface area (Å²) < 4.78 is 27.5. The Bertz CT molecular complexity index is 581. The normalized spacial score (nSPS) is 15.2. The first-order chi connectivity index (χ1) is 8.41. The van der Waals surface area contributed by atoms with Gasteiger partial charge < -0.3 is 10.1 Å². The number of hydrogen-bond acceptors (Lipinski definition) is 4. The van der Waals surface area contributed by atoms with Gasteiger partial charge in [0.05, 0.1) is 17.7 Å². The average Bonchev–Trinajstić information content (AvgIpc) is 3.11. The van der Waals surface area contributed by atoms with Gasteiger partial charge in [-0.15, -0.1) is 0 Å². The Balaban J connectivity index is 2.32. The highest BCUT2D eigenvalue weighted by Gasteiger charge is 2.30. The third-order valence-electron chi connectivity index (χ3n) is 2.66. The predicted molar refractivity (Wildman–Crippen MR) is 67.4 cm³/mol. The lowest BCUT2D eigenvalue weighted by atomic mass is 10.2. The van der Waals surface area contributed by atoms with Crippen LogP contribution in [-0.4, -0.2) is 21.4 Å². The lowest BCUT2D eigenvalue weighted by Gasteiger charge is -2.10. The summed E-state index contributed by atoms with van der Waals surface area (Å²) in [5.74, 6) is 0.288. The van der Waals surface area contributed by atoms with Crippen LogP contribution in [0.25, 0.3) is 0 Å². The van der Waals surface area contributed by atoms with Crippen LogP contribution in [0.5, 0.6) is 5.75 Å². The van der Waals surface area contributed by atoms with Crippen LogP contribution in [0.15, 0.2) is 23.1 Å². The number of methoxy groups -OCH3 is 1. The molecule has 1 saturated carbocycles. The molecule has 0 saturated heterocycles. The molecule has 1 aliphatic carbocycles. The third kappa shape index (κ3) is 2.94. The Kier molecular flexibility index (Phi) is 3.49. The van der Waals surface area contributed by atoms with Crippen molar-refractivity contribution < 1.29 is 17.9 Å². The molecule has 1 fully saturated rings. The van der Waals surface area contributed by atoms with Crippen molar-refractivity contribution in [2.75, 3.05) is 12.4 Å². The highest BCUT2D eigenvalue weighted by Crippen LogP contribution is 2.33. The second-order valence-corrected chi connectivity index (χ2v) is 6.63. The summed E-state index contributed by atoms with van der Waals surface area (Å²) in [6.45, 7) is 0. The summed E-state index contributed by atoms with van der Waals surface area (Å²) in [6.07, 6.45) is 1.73. The first kappa shape index (κ1) is 13.2. The van der Waals surface area contributed by atoms with Gasteiger partial charge in [0.25, 0.3) is 9.05 Å². The molecule has 0 heterocycles. The summed E-state index contributed by atoms with van der Waals surface area (Å²) in [5.41, 5.74) is 0.316. The number of carbonyl (C=O) groups excluding carboxylic acids is 1. The molecule has 1 aromatic carbocycles. The molecule has 1 N–H and O–H groups in total. The quantitative estimate of drug-likeness (QED) is 0.860. The largest absolute Gasteiger partial charge is 0.495 e. The number of nitrogens with one attached hydrogen (secondary N) is 1. The molecule has 0 bridgehead atoms. The van der Waals surface area contributed by atoms with Gasteiger partial charge in [-0.3, -0.25) is 4.79 Å². The summed E-state index contributed by atoms with van der Waals surface area (Å²) in [5, 5.41) is 2.65. The summed E-state index contributed by atoms with van der Waals surface area (Å²) >= 11 is 0. The van der Waals surface area contributed by atoms with Crippen molar-refractivity contribution in [2.24, 2.45) is 5.92 Å². The standard InChI is InChI=1S/C11H12ClNO4S/c1-17-10-5-4-8(18(12,15)16)6-9(10)13-11(14)7-2-3-7/h4-7H,2-3H2,1H3,(H,13,14). The number of benzene rings is 1. The molecular formula is C11H12ClNO4S. The lowest BCUT2D eigenvalue weighted by molar-refractivity contribution is -0.117. The number of ether oxygens (including phenoxy) is 1. The fourth-order valence-corrected chi connectivity index (χ4v) is 2.29. The molecule has 1 amide bonds. The Morgan fingerprint density at radius 3 is 2.61 bits per heavy atom. The Morgan fingerprint density at radius 2 is 2.11 bits per heavy atom. The minimum atomic E-state index is -3.83. The minimum Gasteiger partial charge on any atom is -0.495 e. The van der Waals surface area contributed by atoms with Crippen LogP contribution in [0.2, 0.25) is 0 Å². The molecule has 0 aromatic heterocycles. The van der Waals surface area contributed by atoms with Gasteiger partial charge in [-0.25, -0.2) is 8.42 Å². The van der Waals surface area contributed by atoms with Crippen molar-refractivity contribution in [1.82, 2.24) is 0 Å². The van der Waals surface area contributed by atoms with Gasteiger partial charge in [0, 0.05) is 16.6 Å². The van der Waals surface area contributed by atoms with Gasteiger partial charge in [0.1, 0.15) is 5.75 Å². The molecule has 0 atom stereocenters. The second kappa shape index (κ2) is 4.78. The molecule has 7 heteroatoms. The fraction of sp³-hybridized carbons (Fsp3) is 0.364. The van der Waals surface area contributed by atoms with Gasteiger partial charge in [0.2, 0.25) is 5.91 Å². The number of amides is 1. The van der Waals surface area contributed by atoms with Gasteiger partial charge in [0.15, 0.2) is 0 Å². The zero-order valence-corrected chi connectivity index (χ0v) is 11.2. The highest BCUT2D eigenvalue weighted by molar-refractivity contribution is 8.13. The predicted octanol–water partition coefficient (Wildman–Crippen LogP) is 1.97. The topological polar surface area (TPSA) is 72.5 Å². The monoisotopic (exact) mass is 289 g/mol. The Labute approximate surface area is 110 Å². The molecule has 1 aliphatic rings. The van der Waals surface area contributed by atoms with Crippen LogP contribution in [-0.2, 0) is 13.8 Å². The van der Waals surface area contributed by atoms with E-state index in [2.05, 4.69) is 5.32 Å². The number of carbonyl (C=O) groups is 1. The molecule has 98 valence electrons. The van der Waals surface area contributed by atoms with Crippen molar-refractivity contribution >= 4 is 31.3 Å². The van der Waals surface area contributed by atoms with Crippen molar-refractivity contribution in [2.45, 2.75) is 17.7 Å². The molecule has 2 rings (SSSR count). The summed E-state index contributed by atoms with van der Waals surface area (Å²) in [6, 6.07) is 4.08. The van der Waals surface area contributed by atoms with Gasteiger partial charge in [-0.05, 0) is 31.0 Å². The van der Waals surface area contributed by atoms with E-state index in [1.165, 1.54) is 25.3 Å². The lowest BCUT2D eigenvalue weighted by Crippen LogP contribution is -2.14. The Hall–Kier alpha value is -1.27. The molecule has 18 heavy (non-hydrogen) atoms. The smallest absolute Gasteiger partial charge is 0.261 e. The van der Waals surface area contributed by atoms with Crippen LogP contribution in [0, 0.1) is 5.92 Å². The van der Waals surface area contributed by atoms with Crippen LogP contribution >= 0.6 is 10.7 Å². The van der Waals surface area contributed by atoms with Crippen molar-refractivity contribution in [1.29, 1.82) is 0 Å². The number of hydrogen-bond donors (Lipinski definition) is 1. The Morgan fingerprint density at radius 1 is 1.44 bits per heavy atom. The zero-order valence-electron chi connectivity index (χ0n) is 9.64. The first-order valence-corrected chi connectivity index (χ1v) is 7.66. The molecule has 0 aliphatic heterocycles. The van der Waals surface area contributed by atoms with E-state index < -0.39 is 9.05 Å². The fourth-order valence-electron chi connectivity index (χ4n) is 1.52. The number of halogens is 1. The van der Waals surface area contributed by atoms with E-state index in [1.54, 1.807) is 0 Å². The van der Waals surface area contributed by atoms with Crippen LogP contribution < -0.4 is 10.1 Å². The SMILES string of the molecule is COc1ccc(S(=O)(=O)Cl)cc1NC(=O)C1CC1. The van der Waals surface area contributed by atoms with Crippen molar-refractivity contribution in [3.8, 4) is 5.75 Å². The number of anilines is 1. The van der Waals surface area contributed by atoms with Crippen molar-refractivity contribution in [3.63, 3.8) is 0 Å². The molecular weight excluding hydrogens is 278 g/mol. The van der Waals surface area contributed by atoms with Gasteiger partial charge in [-0.1, -0.05) is 0 Å². The van der Waals surface area contributed by atoms with Gasteiger partial charge in [-0.2, -0.15) is 0 Å². The summed E-state index contributed by atoms with van der Waals surface area (Å²) in [4.78, 5) is 11.6. The maximum atomic E-state index is 11.7. The minimum absolute atomic E-state index is 0.0194. The van der Waals surface area contributed by atoms with Crippen molar-refractivity contribution in [3.05, 3.63) is 18.2 Å². The van der Waals surface area contributed by atoms with Crippen LogP contribution in [0.3, 0.4) is 0 Å². The van der Waals surface area contributed by atoms with E-state index in [-0.39, 0.29) is 16.7 Å². The molecule has 5 nitrogen and oxygen atoms in total. The van der Waals surface area contributed by atoms with Gasteiger partial charge >= 0.3 is 0 Å². The second-order valence-electron chi connectivity index (χ2n) is 4.06. The maximum Gasteiger partial charge on any atom is 0.261 e. The van der Waals surface area contributed by atoms with E-state index in [0.29, 0.717) is 11.4 Å². The maximum absolute atomic E-state index is 11.7. The first-order valence-electron chi connectivity index (χ1n) is 5.35.